The van der Waals surface area contributed by atoms with Crippen molar-refractivity contribution in [1.29, 1.82) is 0 Å². The molecule has 0 radical (unpaired) electrons. The number of anilines is 1. The fourth-order valence-electron chi connectivity index (χ4n) is 3.08. The molecule has 1 aromatic carbocycles. The van der Waals surface area contributed by atoms with Crippen LogP contribution in [0.3, 0.4) is 0 Å². The first-order valence-corrected chi connectivity index (χ1v) is 9.97. The lowest BCUT2D eigenvalue weighted by Crippen LogP contribution is -2.39. The van der Waals surface area contributed by atoms with Gasteiger partial charge >= 0.3 is 6.03 Å². The molecule has 0 aliphatic carbocycles. The topological polar surface area (TPSA) is 95.8 Å². The first-order chi connectivity index (χ1) is 12.8. The van der Waals surface area contributed by atoms with Gasteiger partial charge in [0.15, 0.2) is 5.76 Å². The van der Waals surface area contributed by atoms with Gasteiger partial charge in [-0.3, -0.25) is 0 Å². The number of nitrogens with one attached hydrogen (secondary N) is 1. The predicted octanol–water partition coefficient (Wildman–Crippen LogP) is 2.36. The molecule has 2 aromatic rings. The average Bonchev–Trinajstić information content (AvgIpc) is 2.82. The molecule has 0 atom stereocenters. The average molecular weight is 396 g/mol. The van der Waals surface area contributed by atoms with Gasteiger partial charge < -0.3 is 14.7 Å². The lowest BCUT2D eigenvalue weighted by atomic mass is 10.3. The van der Waals surface area contributed by atoms with E-state index in [0.717, 1.165) is 0 Å². The Bertz CT molecular complexity index is 925. The van der Waals surface area contributed by atoms with Crippen molar-refractivity contribution in [3.63, 3.8) is 0 Å². The fourth-order valence-corrected chi connectivity index (χ4v) is 4.84. The first-order valence-electron chi connectivity index (χ1n) is 8.53. The highest BCUT2D eigenvalue weighted by molar-refractivity contribution is 7.89. The van der Waals surface area contributed by atoms with Gasteiger partial charge in [-0.15, -0.1) is 0 Å². The molecule has 0 unspecified atom stereocenters. The number of nitrogens with zero attached hydrogens (tertiary/aromatic N) is 3. The second kappa shape index (κ2) is 7.65. The summed E-state index contributed by atoms with van der Waals surface area (Å²) in [6, 6.07) is 5.22. The molecule has 2 amide bonds. The molecule has 0 spiro atoms. The number of hydrogen-bond donors (Lipinski definition) is 1. The van der Waals surface area contributed by atoms with Crippen LogP contribution in [0.5, 0.6) is 0 Å². The molecule has 3 rings (SSSR count). The standard InChI is InChI=1S/C17H21FN4O4S/c1-12-16(13(2)26-20-12)27(24,25)22-8-4-7-21(9-10-22)17(23)19-15-6-3-5-14(18)11-15/h3,5-6,11H,4,7-10H2,1-2H3,(H,19,23). The van der Waals surface area contributed by atoms with E-state index in [1.54, 1.807) is 19.9 Å². The molecular formula is C17H21FN4O4S. The van der Waals surface area contributed by atoms with E-state index >= 15 is 0 Å². The molecule has 2 heterocycles. The number of sulfonamides is 1. The summed E-state index contributed by atoms with van der Waals surface area (Å²) >= 11 is 0. The molecule has 1 N–H and O–H groups in total. The van der Waals surface area contributed by atoms with Gasteiger partial charge in [0.05, 0.1) is 0 Å². The maximum atomic E-state index is 13.3. The normalized spacial score (nSPS) is 16.2. The van der Waals surface area contributed by atoms with Crippen LogP contribution in [-0.4, -0.2) is 55.0 Å². The van der Waals surface area contributed by atoms with E-state index in [4.69, 9.17) is 4.52 Å². The summed E-state index contributed by atoms with van der Waals surface area (Å²) in [5.74, 6) is -0.196. The Balaban J connectivity index is 1.69. The minimum Gasteiger partial charge on any atom is -0.360 e. The van der Waals surface area contributed by atoms with Crippen LogP contribution in [0.4, 0.5) is 14.9 Å². The van der Waals surface area contributed by atoms with Crippen molar-refractivity contribution in [1.82, 2.24) is 14.4 Å². The third-order valence-corrected chi connectivity index (χ3v) is 6.53. The summed E-state index contributed by atoms with van der Waals surface area (Å²) in [5.41, 5.74) is 0.668. The zero-order valence-corrected chi connectivity index (χ0v) is 15.9. The van der Waals surface area contributed by atoms with Crippen LogP contribution < -0.4 is 5.32 Å². The molecule has 1 aromatic heterocycles. The number of rotatable bonds is 3. The second-order valence-corrected chi connectivity index (χ2v) is 8.21. The van der Waals surface area contributed by atoms with Gasteiger partial charge in [0.2, 0.25) is 10.0 Å². The number of urea groups is 1. The molecule has 1 saturated heterocycles. The Morgan fingerprint density at radius 1 is 1.22 bits per heavy atom. The minimum atomic E-state index is -3.75. The number of amides is 2. The van der Waals surface area contributed by atoms with Crippen molar-refractivity contribution < 1.29 is 22.1 Å². The fraction of sp³-hybridized carbons (Fsp3) is 0.412. The summed E-state index contributed by atoms with van der Waals surface area (Å²) < 4.78 is 45.4. The lowest BCUT2D eigenvalue weighted by Gasteiger charge is -2.22. The number of hydrogen-bond acceptors (Lipinski definition) is 5. The van der Waals surface area contributed by atoms with E-state index < -0.39 is 21.9 Å². The number of aryl methyl sites for hydroxylation is 2. The highest BCUT2D eigenvalue weighted by atomic mass is 32.2. The van der Waals surface area contributed by atoms with Gasteiger partial charge in [0.25, 0.3) is 0 Å². The monoisotopic (exact) mass is 396 g/mol. The van der Waals surface area contributed by atoms with Crippen LogP contribution in [0.25, 0.3) is 0 Å². The second-order valence-electron chi connectivity index (χ2n) is 6.34. The summed E-state index contributed by atoms with van der Waals surface area (Å²) in [4.78, 5) is 14.0. The van der Waals surface area contributed by atoms with E-state index in [1.165, 1.54) is 27.4 Å². The van der Waals surface area contributed by atoms with Gasteiger partial charge in [-0.05, 0) is 38.5 Å². The number of carbonyl (C=O) groups is 1. The van der Waals surface area contributed by atoms with Crippen molar-refractivity contribution >= 4 is 21.7 Å². The van der Waals surface area contributed by atoms with Crippen LogP contribution >= 0.6 is 0 Å². The van der Waals surface area contributed by atoms with Crippen LogP contribution in [0.15, 0.2) is 33.7 Å². The number of aromatic nitrogens is 1. The van der Waals surface area contributed by atoms with Gasteiger partial charge in [-0.25, -0.2) is 17.6 Å². The lowest BCUT2D eigenvalue weighted by molar-refractivity contribution is 0.214. The third kappa shape index (κ3) is 4.11. The summed E-state index contributed by atoms with van der Waals surface area (Å²) in [6.07, 6.45) is 0.485. The van der Waals surface area contributed by atoms with Gasteiger partial charge in [-0.1, -0.05) is 11.2 Å². The Morgan fingerprint density at radius 3 is 2.67 bits per heavy atom. The Kier molecular flexibility index (Phi) is 5.47. The van der Waals surface area contributed by atoms with Crippen LogP contribution in [-0.2, 0) is 10.0 Å². The van der Waals surface area contributed by atoms with Crippen LogP contribution in [0.2, 0.25) is 0 Å². The summed E-state index contributed by atoms with van der Waals surface area (Å²) in [7, 11) is -3.75. The molecule has 1 aliphatic rings. The molecule has 10 heteroatoms. The van der Waals surface area contributed by atoms with E-state index in [0.29, 0.717) is 24.3 Å². The van der Waals surface area contributed by atoms with Crippen molar-refractivity contribution in [2.24, 2.45) is 0 Å². The molecule has 0 saturated carbocycles. The van der Waals surface area contributed by atoms with E-state index in [9.17, 15) is 17.6 Å². The predicted molar refractivity (Wildman–Crippen MR) is 96.3 cm³/mol. The van der Waals surface area contributed by atoms with Crippen molar-refractivity contribution in [2.75, 3.05) is 31.5 Å². The number of benzene rings is 1. The Morgan fingerprint density at radius 2 is 2.00 bits per heavy atom. The Hall–Kier alpha value is -2.46. The quantitative estimate of drug-likeness (QED) is 0.859. The third-order valence-electron chi connectivity index (χ3n) is 4.38. The molecule has 1 aliphatic heterocycles. The molecule has 8 nitrogen and oxygen atoms in total. The largest absolute Gasteiger partial charge is 0.360 e. The molecule has 146 valence electrons. The Labute approximate surface area is 157 Å². The minimum absolute atomic E-state index is 0.0835. The first kappa shape index (κ1) is 19.3. The summed E-state index contributed by atoms with van der Waals surface area (Å²) in [5, 5.41) is 6.35. The van der Waals surface area contributed by atoms with Crippen molar-refractivity contribution in [2.45, 2.75) is 25.2 Å². The molecular weight excluding hydrogens is 375 g/mol. The van der Waals surface area contributed by atoms with Gasteiger partial charge in [0, 0.05) is 31.9 Å². The maximum Gasteiger partial charge on any atom is 0.321 e. The highest BCUT2D eigenvalue weighted by Crippen LogP contribution is 2.24. The van der Waals surface area contributed by atoms with Crippen molar-refractivity contribution in [3.8, 4) is 0 Å². The van der Waals surface area contributed by atoms with E-state index in [2.05, 4.69) is 10.5 Å². The summed E-state index contributed by atoms with van der Waals surface area (Å²) in [6.45, 7) is 4.21. The van der Waals surface area contributed by atoms with Gasteiger partial charge in [-0.2, -0.15) is 4.31 Å². The molecule has 1 fully saturated rings. The molecule has 27 heavy (non-hydrogen) atoms. The molecule has 0 bridgehead atoms. The van der Waals surface area contributed by atoms with Crippen LogP contribution in [0.1, 0.15) is 17.9 Å². The maximum absolute atomic E-state index is 13.3. The number of carbonyl (C=O) groups excluding carboxylic acids is 1. The van der Waals surface area contributed by atoms with E-state index in [1.807, 2.05) is 0 Å². The van der Waals surface area contributed by atoms with Crippen molar-refractivity contribution in [3.05, 3.63) is 41.5 Å². The zero-order chi connectivity index (χ0) is 19.6. The SMILES string of the molecule is Cc1noc(C)c1S(=O)(=O)N1CCCN(C(=O)Nc2cccc(F)c2)CC1. The number of halogens is 1. The smallest absolute Gasteiger partial charge is 0.321 e. The van der Waals surface area contributed by atoms with E-state index in [-0.39, 0.29) is 30.3 Å². The van der Waals surface area contributed by atoms with Crippen LogP contribution in [0, 0.1) is 19.7 Å². The van der Waals surface area contributed by atoms with Gasteiger partial charge in [0.1, 0.15) is 16.4 Å². The zero-order valence-electron chi connectivity index (χ0n) is 15.1. The highest BCUT2D eigenvalue weighted by Gasteiger charge is 2.32.